The molecule has 68 valence electrons. The van der Waals surface area contributed by atoms with Crippen LogP contribution in [0.5, 0.6) is 0 Å². The van der Waals surface area contributed by atoms with E-state index in [2.05, 4.69) is 11.9 Å². The normalized spacial score (nSPS) is 10.6. The van der Waals surface area contributed by atoms with Crippen molar-refractivity contribution in [2.75, 3.05) is 6.61 Å². The fourth-order valence-electron chi connectivity index (χ4n) is 1.28. The van der Waals surface area contributed by atoms with E-state index >= 15 is 0 Å². The van der Waals surface area contributed by atoms with Crippen molar-refractivity contribution in [3.8, 4) is 0 Å². The SMILES string of the molecule is CCCc1cn(C)c(CCO)n1. The van der Waals surface area contributed by atoms with Crippen molar-refractivity contribution >= 4 is 0 Å². The highest BCUT2D eigenvalue weighted by Gasteiger charge is 2.02. The molecule has 0 aliphatic heterocycles. The lowest BCUT2D eigenvalue weighted by atomic mass is 10.3. The van der Waals surface area contributed by atoms with Crippen molar-refractivity contribution in [1.29, 1.82) is 0 Å². The van der Waals surface area contributed by atoms with Crippen LogP contribution in [-0.4, -0.2) is 21.3 Å². The Morgan fingerprint density at radius 2 is 2.25 bits per heavy atom. The summed E-state index contributed by atoms with van der Waals surface area (Å²) < 4.78 is 1.99. The summed E-state index contributed by atoms with van der Waals surface area (Å²) >= 11 is 0. The summed E-state index contributed by atoms with van der Waals surface area (Å²) in [5.41, 5.74) is 1.13. The van der Waals surface area contributed by atoms with Gasteiger partial charge in [0.15, 0.2) is 0 Å². The van der Waals surface area contributed by atoms with Gasteiger partial charge in [-0.1, -0.05) is 13.3 Å². The van der Waals surface area contributed by atoms with Crippen LogP contribution in [0.3, 0.4) is 0 Å². The maximum atomic E-state index is 8.73. The Morgan fingerprint density at radius 3 is 2.83 bits per heavy atom. The Balaban J connectivity index is 2.70. The minimum absolute atomic E-state index is 0.177. The summed E-state index contributed by atoms with van der Waals surface area (Å²) in [6.07, 6.45) is 4.84. The van der Waals surface area contributed by atoms with E-state index in [1.165, 1.54) is 0 Å². The Hall–Kier alpha value is -0.830. The molecule has 0 spiro atoms. The molecule has 3 heteroatoms. The van der Waals surface area contributed by atoms with Crippen LogP contribution in [0.2, 0.25) is 0 Å². The second-order valence-corrected chi connectivity index (χ2v) is 2.98. The number of imidazole rings is 1. The fraction of sp³-hybridized carbons (Fsp3) is 0.667. The van der Waals surface area contributed by atoms with Gasteiger partial charge in [0.25, 0.3) is 0 Å². The van der Waals surface area contributed by atoms with Crippen LogP contribution in [-0.2, 0) is 19.9 Å². The molecular weight excluding hydrogens is 152 g/mol. The number of aryl methyl sites for hydroxylation is 2. The second kappa shape index (κ2) is 4.26. The molecule has 0 saturated carbocycles. The molecule has 0 unspecified atom stereocenters. The Bertz CT molecular complexity index is 243. The summed E-state index contributed by atoms with van der Waals surface area (Å²) in [5, 5.41) is 8.73. The largest absolute Gasteiger partial charge is 0.396 e. The van der Waals surface area contributed by atoms with Gasteiger partial charge in [0.05, 0.1) is 12.3 Å². The van der Waals surface area contributed by atoms with Crippen molar-refractivity contribution in [2.24, 2.45) is 7.05 Å². The highest BCUT2D eigenvalue weighted by molar-refractivity contribution is 5.03. The molecule has 0 aromatic carbocycles. The fourth-order valence-corrected chi connectivity index (χ4v) is 1.28. The summed E-state index contributed by atoms with van der Waals surface area (Å²) in [6.45, 7) is 2.32. The third-order valence-electron chi connectivity index (χ3n) is 1.86. The lowest BCUT2D eigenvalue weighted by Gasteiger charge is -1.95. The van der Waals surface area contributed by atoms with Gasteiger partial charge in [-0.2, -0.15) is 0 Å². The minimum Gasteiger partial charge on any atom is -0.396 e. The molecule has 1 aromatic heterocycles. The molecule has 0 saturated heterocycles. The number of aliphatic hydroxyl groups is 1. The van der Waals surface area contributed by atoms with Crippen molar-refractivity contribution in [3.05, 3.63) is 17.7 Å². The van der Waals surface area contributed by atoms with E-state index in [0.717, 1.165) is 24.4 Å². The number of hydrogen-bond donors (Lipinski definition) is 1. The number of nitrogens with zero attached hydrogens (tertiary/aromatic N) is 2. The Labute approximate surface area is 73.1 Å². The standard InChI is InChI=1S/C9H16N2O/c1-3-4-8-7-11(2)9(10-8)5-6-12/h7,12H,3-6H2,1-2H3. The molecule has 0 aliphatic rings. The van der Waals surface area contributed by atoms with E-state index in [9.17, 15) is 0 Å². The van der Waals surface area contributed by atoms with Crippen molar-refractivity contribution in [3.63, 3.8) is 0 Å². The third-order valence-corrected chi connectivity index (χ3v) is 1.86. The number of aromatic nitrogens is 2. The number of hydrogen-bond acceptors (Lipinski definition) is 2. The quantitative estimate of drug-likeness (QED) is 0.725. The minimum atomic E-state index is 0.177. The van der Waals surface area contributed by atoms with Crippen LogP contribution in [0.25, 0.3) is 0 Å². The van der Waals surface area contributed by atoms with Crippen LogP contribution in [0.1, 0.15) is 24.9 Å². The van der Waals surface area contributed by atoms with Crippen LogP contribution in [0, 0.1) is 0 Å². The van der Waals surface area contributed by atoms with Crippen LogP contribution >= 0.6 is 0 Å². The van der Waals surface area contributed by atoms with Crippen LogP contribution in [0.4, 0.5) is 0 Å². The zero-order chi connectivity index (χ0) is 8.97. The van der Waals surface area contributed by atoms with Gasteiger partial charge >= 0.3 is 0 Å². The van der Waals surface area contributed by atoms with Crippen molar-refractivity contribution in [2.45, 2.75) is 26.2 Å². The molecule has 1 N–H and O–H groups in total. The monoisotopic (exact) mass is 168 g/mol. The lowest BCUT2D eigenvalue weighted by Crippen LogP contribution is -1.99. The van der Waals surface area contributed by atoms with Gasteiger partial charge in [-0.25, -0.2) is 4.98 Å². The molecule has 0 amide bonds. The van der Waals surface area contributed by atoms with Gasteiger partial charge in [-0.05, 0) is 6.42 Å². The van der Waals surface area contributed by atoms with Gasteiger partial charge in [0, 0.05) is 19.7 Å². The zero-order valence-corrected chi connectivity index (χ0v) is 7.75. The van der Waals surface area contributed by atoms with Gasteiger partial charge < -0.3 is 9.67 Å². The molecule has 0 bridgehead atoms. The molecule has 0 atom stereocenters. The summed E-state index contributed by atoms with van der Waals surface area (Å²) in [6, 6.07) is 0. The van der Waals surface area contributed by atoms with E-state index in [1.807, 2.05) is 17.8 Å². The van der Waals surface area contributed by atoms with E-state index in [4.69, 9.17) is 5.11 Å². The predicted molar refractivity (Wildman–Crippen MR) is 48.0 cm³/mol. The van der Waals surface area contributed by atoms with Crippen LogP contribution < -0.4 is 0 Å². The number of aliphatic hydroxyl groups excluding tert-OH is 1. The maximum absolute atomic E-state index is 8.73. The van der Waals surface area contributed by atoms with Crippen molar-refractivity contribution < 1.29 is 5.11 Å². The predicted octanol–water partition coefficient (Wildman–Crippen LogP) is 0.907. The first-order valence-electron chi connectivity index (χ1n) is 4.40. The van der Waals surface area contributed by atoms with E-state index in [-0.39, 0.29) is 6.61 Å². The van der Waals surface area contributed by atoms with Gasteiger partial charge in [0.1, 0.15) is 5.82 Å². The number of rotatable bonds is 4. The van der Waals surface area contributed by atoms with E-state index < -0.39 is 0 Å². The topological polar surface area (TPSA) is 38.0 Å². The average molecular weight is 168 g/mol. The molecule has 0 fully saturated rings. The van der Waals surface area contributed by atoms with Gasteiger partial charge in [-0.15, -0.1) is 0 Å². The summed E-state index contributed by atoms with van der Waals surface area (Å²) in [4.78, 5) is 4.39. The highest BCUT2D eigenvalue weighted by atomic mass is 16.3. The average Bonchev–Trinajstić information content (AvgIpc) is 2.34. The van der Waals surface area contributed by atoms with Crippen LogP contribution in [0.15, 0.2) is 6.20 Å². The highest BCUT2D eigenvalue weighted by Crippen LogP contribution is 2.04. The maximum Gasteiger partial charge on any atom is 0.111 e. The molecule has 0 aliphatic carbocycles. The molecule has 1 rings (SSSR count). The van der Waals surface area contributed by atoms with E-state index in [1.54, 1.807) is 0 Å². The molecule has 1 aromatic rings. The smallest absolute Gasteiger partial charge is 0.111 e. The first kappa shape index (κ1) is 9.26. The second-order valence-electron chi connectivity index (χ2n) is 2.98. The third kappa shape index (κ3) is 2.08. The molecule has 12 heavy (non-hydrogen) atoms. The van der Waals surface area contributed by atoms with Gasteiger partial charge in [0.2, 0.25) is 0 Å². The molecule has 0 radical (unpaired) electrons. The van der Waals surface area contributed by atoms with E-state index in [0.29, 0.717) is 6.42 Å². The molecular formula is C9H16N2O. The van der Waals surface area contributed by atoms with Gasteiger partial charge in [-0.3, -0.25) is 0 Å². The lowest BCUT2D eigenvalue weighted by molar-refractivity contribution is 0.295. The first-order chi connectivity index (χ1) is 5.77. The summed E-state index contributed by atoms with van der Waals surface area (Å²) in [5.74, 6) is 0.973. The zero-order valence-electron chi connectivity index (χ0n) is 7.75. The Kier molecular flexibility index (Phi) is 3.29. The summed E-state index contributed by atoms with van der Waals surface area (Å²) in [7, 11) is 1.97. The first-order valence-corrected chi connectivity index (χ1v) is 4.40. The Morgan fingerprint density at radius 1 is 1.50 bits per heavy atom. The molecule has 1 heterocycles. The van der Waals surface area contributed by atoms with Crippen molar-refractivity contribution in [1.82, 2.24) is 9.55 Å². The molecule has 3 nitrogen and oxygen atoms in total.